The van der Waals surface area contributed by atoms with Crippen LogP contribution in [0.2, 0.25) is 0 Å². The largest absolute Gasteiger partial charge is 0.418 e. The molecule has 1 amide bonds. The van der Waals surface area contributed by atoms with Gasteiger partial charge in [-0.15, -0.1) is 0 Å². The Labute approximate surface area is 110 Å². The lowest BCUT2D eigenvalue weighted by Gasteiger charge is -2.19. The molecule has 2 atom stereocenters. The van der Waals surface area contributed by atoms with E-state index in [9.17, 15) is 18.0 Å². The third kappa shape index (κ3) is 3.96. The summed E-state index contributed by atoms with van der Waals surface area (Å²) in [4.78, 5) is 11.8. The molecule has 0 aliphatic heterocycles. The second kappa shape index (κ2) is 6.06. The number of rotatable bonds is 4. The van der Waals surface area contributed by atoms with Gasteiger partial charge in [-0.1, -0.05) is 32.4 Å². The van der Waals surface area contributed by atoms with E-state index in [0.717, 1.165) is 6.07 Å². The molecular formula is C13H17F3N2O. The predicted octanol–water partition coefficient (Wildman–Crippen LogP) is 3.02. The Morgan fingerprint density at radius 3 is 2.47 bits per heavy atom. The first kappa shape index (κ1) is 15.5. The van der Waals surface area contributed by atoms with Crippen LogP contribution in [0.15, 0.2) is 24.3 Å². The summed E-state index contributed by atoms with van der Waals surface area (Å²) in [5.74, 6) is -0.705. The highest BCUT2D eigenvalue weighted by molar-refractivity contribution is 5.95. The summed E-state index contributed by atoms with van der Waals surface area (Å²) in [7, 11) is 0. The van der Waals surface area contributed by atoms with Crippen LogP contribution >= 0.6 is 0 Å². The lowest BCUT2D eigenvalue weighted by molar-refractivity contribution is -0.137. The molecule has 1 aromatic carbocycles. The second-order valence-electron chi connectivity index (χ2n) is 4.44. The Morgan fingerprint density at radius 2 is 1.95 bits per heavy atom. The number of nitrogens with one attached hydrogen (secondary N) is 1. The number of halogens is 3. The maximum atomic E-state index is 12.7. The van der Waals surface area contributed by atoms with Gasteiger partial charge >= 0.3 is 6.18 Å². The molecule has 106 valence electrons. The molecule has 0 radical (unpaired) electrons. The van der Waals surface area contributed by atoms with Crippen molar-refractivity contribution in [2.45, 2.75) is 32.5 Å². The Kier molecular flexibility index (Phi) is 4.94. The average molecular weight is 274 g/mol. The van der Waals surface area contributed by atoms with Gasteiger partial charge in [0, 0.05) is 0 Å². The minimum Gasteiger partial charge on any atom is -0.324 e. The predicted molar refractivity (Wildman–Crippen MR) is 67.5 cm³/mol. The van der Waals surface area contributed by atoms with Crippen molar-refractivity contribution in [3.63, 3.8) is 0 Å². The minimum absolute atomic E-state index is 0.0990. The van der Waals surface area contributed by atoms with Gasteiger partial charge in [0.2, 0.25) is 5.91 Å². The molecule has 1 rings (SSSR count). The zero-order valence-electron chi connectivity index (χ0n) is 10.8. The van der Waals surface area contributed by atoms with Gasteiger partial charge in [-0.3, -0.25) is 4.79 Å². The van der Waals surface area contributed by atoms with Gasteiger partial charge in [0.15, 0.2) is 0 Å². The number of hydrogen-bond acceptors (Lipinski definition) is 2. The van der Waals surface area contributed by atoms with Gasteiger partial charge in [0.05, 0.1) is 17.3 Å². The van der Waals surface area contributed by atoms with Crippen LogP contribution in [0.25, 0.3) is 0 Å². The number of carbonyl (C=O) groups excluding carboxylic acids is 1. The number of hydrogen-bond donors (Lipinski definition) is 2. The number of carbonyl (C=O) groups is 1. The van der Waals surface area contributed by atoms with Crippen molar-refractivity contribution in [3.8, 4) is 0 Å². The summed E-state index contributed by atoms with van der Waals surface area (Å²) in [5, 5.41) is 2.25. The SMILES string of the molecule is CCC(C)[C@H](N)C(=O)Nc1ccccc1C(F)(F)F. The first-order chi connectivity index (χ1) is 8.77. The van der Waals surface area contributed by atoms with E-state index < -0.39 is 23.7 Å². The Balaban J connectivity index is 2.92. The first-order valence-electron chi connectivity index (χ1n) is 6.00. The van der Waals surface area contributed by atoms with E-state index in [1.165, 1.54) is 18.2 Å². The molecule has 0 saturated heterocycles. The molecule has 0 aliphatic carbocycles. The summed E-state index contributed by atoms with van der Waals surface area (Å²) in [5.41, 5.74) is 4.54. The molecule has 0 aliphatic rings. The van der Waals surface area contributed by atoms with E-state index in [0.29, 0.717) is 6.42 Å². The zero-order chi connectivity index (χ0) is 14.6. The Hall–Kier alpha value is -1.56. The highest BCUT2D eigenvalue weighted by Crippen LogP contribution is 2.34. The third-order valence-corrected chi connectivity index (χ3v) is 3.05. The molecule has 0 fully saturated rings. The second-order valence-corrected chi connectivity index (χ2v) is 4.44. The van der Waals surface area contributed by atoms with Crippen LogP contribution in [-0.4, -0.2) is 11.9 Å². The molecule has 1 unspecified atom stereocenters. The maximum absolute atomic E-state index is 12.7. The van der Waals surface area contributed by atoms with Crippen LogP contribution in [0, 0.1) is 5.92 Å². The molecule has 1 aromatic rings. The number of anilines is 1. The molecule has 6 heteroatoms. The van der Waals surface area contributed by atoms with Crippen molar-refractivity contribution in [1.29, 1.82) is 0 Å². The quantitative estimate of drug-likeness (QED) is 0.886. The number of para-hydroxylation sites is 1. The monoisotopic (exact) mass is 274 g/mol. The summed E-state index contributed by atoms with van der Waals surface area (Å²) in [6.45, 7) is 3.64. The van der Waals surface area contributed by atoms with Gasteiger partial charge < -0.3 is 11.1 Å². The van der Waals surface area contributed by atoms with Crippen LogP contribution in [0.3, 0.4) is 0 Å². The molecule has 3 N–H and O–H groups in total. The van der Waals surface area contributed by atoms with E-state index in [2.05, 4.69) is 5.32 Å². The standard InChI is InChI=1S/C13H17F3N2O/c1-3-8(2)11(17)12(19)18-10-7-5-4-6-9(10)13(14,15)16/h4-8,11H,3,17H2,1-2H3,(H,18,19)/t8?,11-/m0/s1. The third-order valence-electron chi connectivity index (χ3n) is 3.05. The van der Waals surface area contributed by atoms with Crippen molar-refractivity contribution in [2.24, 2.45) is 11.7 Å². The Morgan fingerprint density at radius 1 is 1.37 bits per heavy atom. The van der Waals surface area contributed by atoms with Crippen LogP contribution < -0.4 is 11.1 Å². The summed E-state index contributed by atoms with van der Waals surface area (Å²) in [6, 6.07) is 4.01. The van der Waals surface area contributed by atoms with Gasteiger partial charge in [-0.2, -0.15) is 13.2 Å². The average Bonchev–Trinajstić information content (AvgIpc) is 2.36. The molecular weight excluding hydrogens is 257 g/mol. The fourth-order valence-corrected chi connectivity index (χ4v) is 1.57. The zero-order valence-corrected chi connectivity index (χ0v) is 10.8. The molecule has 19 heavy (non-hydrogen) atoms. The summed E-state index contributed by atoms with van der Waals surface area (Å²) >= 11 is 0. The molecule has 0 bridgehead atoms. The normalized spacial score (nSPS) is 14.8. The maximum Gasteiger partial charge on any atom is 0.418 e. The number of benzene rings is 1. The number of nitrogens with two attached hydrogens (primary N) is 1. The molecule has 0 spiro atoms. The van der Waals surface area contributed by atoms with Crippen LogP contribution in [-0.2, 0) is 11.0 Å². The van der Waals surface area contributed by atoms with Crippen molar-refractivity contribution in [3.05, 3.63) is 29.8 Å². The molecule has 0 aromatic heterocycles. The van der Waals surface area contributed by atoms with Crippen LogP contribution in [0.4, 0.5) is 18.9 Å². The summed E-state index contributed by atoms with van der Waals surface area (Å²) in [6.07, 6.45) is -3.83. The van der Waals surface area contributed by atoms with Crippen LogP contribution in [0.1, 0.15) is 25.8 Å². The highest BCUT2D eigenvalue weighted by atomic mass is 19.4. The van der Waals surface area contributed by atoms with E-state index in [-0.39, 0.29) is 11.6 Å². The highest BCUT2D eigenvalue weighted by Gasteiger charge is 2.34. The smallest absolute Gasteiger partial charge is 0.324 e. The lowest BCUT2D eigenvalue weighted by atomic mass is 9.99. The van der Waals surface area contributed by atoms with Gasteiger partial charge in [-0.05, 0) is 18.1 Å². The van der Waals surface area contributed by atoms with Crippen molar-refractivity contribution in [1.82, 2.24) is 0 Å². The number of amides is 1. The van der Waals surface area contributed by atoms with Crippen molar-refractivity contribution in [2.75, 3.05) is 5.32 Å². The van der Waals surface area contributed by atoms with E-state index in [4.69, 9.17) is 5.73 Å². The lowest BCUT2D eigenvalue weighted by Crippen LogP contribution is -2.40. The van der Waals surface area contributed by atoms with Crippen LogP contribution in [0.5, 0.6) is 0 Å². The molecule has 3 nitrogen and oxygen atoms in total. The van der Waals surface area contributed by atoms with E-state index in [1.807, 2.05) is 6.92 Å². The van der Waals surface area contributed by atoms with E-state index >= 15 is 0 Å². The van der Waals surface area contributed by atoms with Crippen molar-refractivity contribution >= 4 is 11.6 Å². The fraction of sp³-hybridized carbons (Fsp3) is 0.462. The van der Waals surface area contributed by atoms with Gasteiger partial charge in [-0.25, -0.2) is 0 Å². The fourth-order valence-electron chi connectivity index (χ4n) is 1.57. The van der Waals surface area contributed by atoms with Crippen molar-refractivity contribution < 1.29 is 18.0 Å². The molecule has 0 saturated carbocycles. The van der Waals surface area contributed by atoms with Gasteiger partial charge in [0.25, 0.3) is 0 Å². The van der Waals surface area contributed by atoms with Gasteiger partial charge in [0.1, 0.15) is 0 Å². The Bertz CT molecular complexity index is 446. The minimum atomic E-state index is -4.51. The number of alkyl halides is 3. The van der Waals surface area contributed by atoms with E-state index in [1.54, 1.807) is 6.92 Å². The molecule has 0 heterocycles. The topological polar surface area (TPSA) is 55.1 Å². The summed E-state index contributed by atoms with van der Waals surface area (Å²) < 4.78 is 38.2. The first-order valence-corrected chi connectivity index (χ1v) is 6.00.